The summed E-state index contributed by atoms with van der Waals surface area (Å²) in [7, 11) is 4.70. The monoisotopic (exact) mass is 364 g/mol. The lowest BCUT2D eigenvalue weighted by Crippen LogP contribution is -2.00. The molecule has 0 aliphatic carbocycles. The fourth-order valence-electron chi connectivity index (χ4n) is 2.53. The molecular weight excluding hydrogens is 348 g/mol. The van der Waals surface area contributed by atoms with Gasteiger partial charge in [0.2, 0.25) is 11.5 Å². The Morgan fingerprint density at radius 1 is 0.917 bits per heavy atom. The Bertz CT molecular complexity index is 860. The van der Waals surface area contributed by atoms with Gasteiger partial charge in [-0.1, -0.05) is 12.1 Å². The molecule has 0 N–H and O–H groups in total. The second-order valence-electron chi connectivity index (χ2n) is 4.97. The van der Waals surface area contributed by atoms with Gasteiger partial charge in [0.25, 0.3) is 0 Å². The lowest BCUT2D eigenvalue weighted by Gasteiger charge is -2.18. The molecule has 24 heavy (non-hydrogen) atoms. The summed E-state index contributed by atoms with van der Waals surface area (Å²) in [6.45, 7) is 0. The lowest BCUT2D eigenvalue weighted by atomic mass is 10.1. The summed E-state index contributed by atoms with van der Waals surface area (Å²) < 4.78 is 23.7. The van der Waals surface area contributed by atoms with Gasteiger partial charge in [0, 0.05) is 21.0 Å². The Balaban J connectivity index is 2.15. The zero-order valence-corrected chi connectivity index (χ0v) is 15.2. The van der Waals surface area contributed by atoms with E-state index in [0.717, 1.165) is 21.4 Å². The normalized spacial score (nSPS) is 10.7. The molecule has 4 nitrogen and oxygen atoms in total. The van der Waals surface area contributed by atoms with Crippen molar-refractivity contribution in [1.82, 2.24) is 0 Å². The molecule has 0 unspecified atom stereocenters. The number of hydrogen-bond donors (Lipinski definition) is 0. The Morgan fingerprint density at radius 3 is 2.33 bits per heavy atom. The van der Waals surface area contributed by atoms with E-state index >= 15 is 0 Å². The van der Waals surface area contributed by atoms with Gasteiger partial charge in [-0.25, -0.2) is 0 Å². The molecule has 2 aromatic carbocycles. The van der Waals surface area contributed by atoms with Crippen LogP contribution in [-0.2, 0) is 5.88 Å². The third kappa shape index (κ3) is 2.85. The van der Waals surface area contributed by atoms with E-state index in [2.05, 4.69) is 6.07 Å². The first-order valence-electron chi connectivity index (χ1n) is 7.25. The van der Waals surface area contributed by atoms with E-state index in [1.165, 1.54) is 0 Å². The molecule has 0 aliphatic rings. The number of rotatable bonds is 6. The van der Waals surface area contributed by atoms with E-state index in [9.17, 15) is 0 Å². The van der Waals surface area contributed by atoms with Gasteiger partial charge in [-0.05, 0) is 18.2 Å². The zero-order valence-electron chi connectivity index (χ0n) is 13.6. The van der Waals surface area contributed by atoms with Crippen molar-refractivity contribution in [3.8, 4) is 28.7 Å². The van der Waals surface area contributed by atoms with Crippen LogP contribution < -0.4 is 18.9 Å². The highest BCUT2D eigenvalue weighted by atomic mass is 35.5. The molecule has 0 spiro atoms. The van der Waals surface area contributed by atoms with Crippen LogP contribution in [0.2, 0.25) is 0 Å². The number of hydrogen-bond acceptors (Lipinski definition) is 5. The molecule has 6 heteroatoms. The third-order valence-electron chi connectivity index (χ3n) is 3.66. The van der Waals surface area contributed by atoms with Crippen LogP contribution in [0.1, 0.15) is 5.56 Å². The molecule has 0 atom stereocenters. The molecule has 0 amide bonds. The van der Waals surface area contributed by atoms with E-state index in [4.69, 9.17) is 30.5 Å². The number of benzene rings is 2. The van der Waals surface area contributed by atoms with E-state index in [0.29, 0.717) is 23.0 Å². The SMILES string of the molecule is COc1cc(CCl)c(Oc2csc3ccccc23)c(OC)c1OC. The first-order valence-corrected chi connectivity index (χ1v) is 8.66. The number of ether oxygens (including phenoxy) is 4. The highest BCUT2D eigenvalue weighted by Gasteiger charge is 2.23. The van der Waals surface area contributed by atoms with Gasteiger partial charge in [0.1, 0.15) is 5.75 Å². The molecule has 126 valence electrons. The van der Waals surface area contributed by atoms with Crippen LogP contribution >= 0.6 is 22.9 Å². The van der Waals surface area contributed by atoms with Gasteiger partial charge in [-0.15, -0.1) is 22.9 Å². The number of methoxy groups -OCH3 is 3. The van der Waals surface area contributed by atoms with Crippen LogP contribution in [0.15, 0.2) is 35.7 Å². The van der Waals surface area contributed by atoms with Gasteiger partial charge in [0.05, 0.1) is 27.2 Å². The van der Waals surface area contributed by atoms with Crippen molar-refractivity contribution in [3.05, 3.63) is 41.3 Å². The highest BCUT2D eigenvalue weighted by molar-refractivity contribution is 7.17. The van der Waals surface area contributed by atoms with Crippen LogP contribution in [0.4, 0.5) is 0 Å². The second kappa shape index (κ2) is 7.20. The van der Waals surface area contributed by atoms with Gasteiger partial charge < -0.3 is 18.9 Å². The van der Waals surface area contributed by atoms with Gasteiger partial charge >= 0.3 is 0 Å². The quantitative estimate of drug-likeness (QED) is 0.544. The van der Waals surface area contributed by atoms with Crippen molar-refractivity contribution < 1.29 is 18.9 Å². The summed E-state index contributed by atoms with van der Waals surface area (Å²) in [5, 5.41) is 3.01. The van der Waals surface area contributed by atoms with E-state index in [1.807, 2.05) is 23.6 Å². The topological polar surface area (TPSA) is 36.9 Å². The Labute approximate surface area is 149 Å². The number of thiophene rings is 1. The minimum Gasteiger partial charge on any atom is -0.493 e. The lowest BCUT2D eigenvalue weighted by molar-refractivity contribution is 0.312. The van der Waals surface area contributed by atoms with Crippen LogP contribution in [0.5, 0.6) is 28.7 Å². The fourth-order valence-corrected chi connectivity index (χ4v) is 3.59. The smallest absolute Gasteiger partial charge is 0.208 e. The molecule has 0 saturated carbocycles. The molecule has 1 aromatic heterocycles. The van der Waals surface area contributed by atoms with Crippen molar-refractivity contribution in [2.24, 2.45) is 0 Å². The third-order valence-corrected chi connectivity index (χ3v) is 4.89. The summed E-state index contributed by atoms with van der Waals surface area (Å²) in [5.41, 5.74) is 0.765. The molecule has 3 rings (SSSR count). The number of halogens is 1. The molecule has 0 fully saturated rings. The molecule has 0 radical (unpaired) electrons. The largest absolute Gasteiger partial charge is 0.493 e. The molecule has 0 aliphatic heterocycles. The fraction of sp³-hybridized carbons (Fsp3) is 0.222. The Morgan fingerprint density at radius 2 is 1.67 bits per heavy atom. The van der Waals surface area contributed by atoms with Crippen molar-refractivity contribution in [1.29, 1.82) is 0 Å². The predicted octanol–water partition coefficient (Wildman–Crippen LogP) is 5.46. The van der Waals surface area contributed by atoms with Crippen molar-refractivity contribution >= 4 is 33.0 Å². The summed E-state index contributed by atoms with van der Waals surface area (Å²) in [6.07, 6.45) is 0. The van der Waals surface area contributed by atoms with Gasteiger partial charge in [-0.3, -0.25) is 0 Å². The first-order chi connectivity index (χ1) is 11.7. The van der Waals surface area contributed by atoms with Gasteiger partial charge in [0.15, 0.2) is 11.5 Å². The summed E-state index contributed by atoms with van der Waals surface area (Å²) in [5.74, 6) is 3.04. The number of fused-ring (bicyclic) bond motifs is 1. The van der Waals surface area contributed by atoms with Crippen LogP contribution in [0.3, 0.4) is 0 Å². The van der Waals surface area contributed by atoms with E-state index in [-0.39, 0.29) is 5.88 Å². The van der Waals surface area contributed by atoms with Crippen LogP contribution in [-0.4, -0.2) is 21.3 Å². The second-order valence-corrected chi connectivity index (χ2v) is 6.14. The minimum absolute atomic E-state index is 0.258. The average molecular weight is 365 g/mol. The highest BCUT2D eigenvalue weighted by Crippen LogP contribution is 2.49. The van der Waals surface area contributed by atoms with Gasteiger partial charge in [-0.2, -0.15) is 0 Å². The molecule has 3 aromatic rings. The standard InChI is InChI=1S/C18H17ClO4S/c1-20-13-8-11(9-19)16(18(22-3)17(13)21-2)23-14-10-24-15-7-5-4-6-12(14)15/h4-8,10H,9H2,1-3H3. The van der Waals surface area contributed by atoms with Crippen molar-refractivity contribution in [3.63, 3.8) is 0 Å². The summed E-state index contributed by atoms with van der Waals surface area (Å²) in [6, 6.07) is 9.87. The summed E-state index contributed by atoms with van der Waals surface area (Å²) >= 11 is 7.74. The Hall–Kier alpha value is -2.11. The van der Waals surface area contributed by atoms with Crippen molar-refractivity contribution in [2.45, 2.75) is 5.88 Å². The molecule has 1 heterocycles. The number of alkyl halides is 1. The zero-order chi connectivity index (χ0) is 17.1. The van der Waals surface area contributed by atoms with Crippen LogP contribution in [0, 0.1) is 0 Å². The maximum Gasteiger partial charge on any atom is 0.208 e. The maximum atomic E-state index is 6.18. The summed E-state index contributed by atoms with van der Waals surface area (Å²) in [4.78, 5) is 0. The molecular formula is C18H17ClO4S. The van der Waals surface area contributed by atoms with E-state index < -0.39 is 0 Å². The van der Waals surface area contributed by atoms with Crippen molar-refractivity contribution in [2.75, 3.05) is 21.3 Å². The van der Waals surface area contributed by atoms with Crippen LogP contribution in [0.25, 0.3) is 10.1 Å². The first kappa shape index (κ1) is 16.7. The molecule has 0 bridgehead atoms. The maximum absolute atomic E-state index is 6.18. The minimum atomic E-state index is 0.258. The predicted molar refractivity (Wildman–Crippen MR) is 97.6 cm³/mol. The molecule has 0 saturated heterocycles. The Kier molecular flexibility index (Phi) is 5.02. The van der Waals surface area contributed by atoms with E-state index in [1.54, 1.807) is 38.7 Å². The average Bonchev–Trinajstić information content (AvgIpc) is 3.04.